The second kappa shape index (κ2) is 4.96. The molecule has 2 rings (SSSR count). The Hall–Kier alpha value is -0.580. The maximum absolute atomic E-state index is 6.05. The minimum absolute atomic E-state index is 0.142. The highest BCUT2D eigenvalue weighted by atomic mass is 35.5. The van der Waals surface area contributed by atoms with Crippen molar-refractivity contribution in [1.82, 2.24) is 10.2 Å². The van der Waals surface area contributed by atoms with Gasteiger partial charge in [0.05, 0.1) is 11.3 Å². The predicted molar refractivity (Wildman–Crippen MR) is 68.9 cm³/mol. The summed E-state index contributed by atoms with van der Waals surface area (Å²) in [6.07, 6.45) is 2.10. The van der Waals surface area contributed by atoms with Crippen molar-refractivity contribution in [3.63, 3.8) is 0 Å². The van der Waals surface area contributed by atoms with Crippen LogP contribution in [-0.4, -0.2) is 36.0 Å². The first-order chi connectivity index (χ1) is 8.04. The van der Waals surface area contributed by atoms with Gasteiger partial charge in [-0.2, -0.15) is 0 Å². The van der Waals surface area contributed by atoms with E-state index in [1.807, 2.05) is 0 Å². The second-order valence-electron chi connectivity index (χ2n) is 4.52. The summed E-state index contributed by atoms with van der Waals surface area (Å²) in [5.74, 6) is 0. The summed E-state index contributed by atoms with van der Waals surface area (Å²) in [5, 5.41) is 8.28. The van der Waals surface area contributed by atoms with Crippen LogP contribution in [0.3, 0.4) is 0 Å². The molecule has 2 heterocycles. The molecule has 6 heteroatoms. The Balaban J connectivity index is 2.24. The summed E-state index contributed by atoms with van der Waals surface area (Å²) in [4.78, 5) is 2.15. The van der Waals surface area contributed by atoms with Crippen LogP contribution in [0.25, 0.3) is 0 Å². The van der Waals surface area contributed by atoms with E-state index in [9.17, 15) is 0 Å². The van der Waals surface area contributed by atoms with Crippen LogP contribution in [0.2, 0.25) is 10.3 Å². The molecule has 0 spiro atoms. The minimum Gasteiger partial charge on any atom is -0.377 e. The lowest BCUT2D eigenvalue weighted by Gasteiger charge is -2.40. The first-order valence-electron chi connectivity index (χ1n) is 5.53. The van der Waals surface area contributed by atoms with E-state index in [0.29, 0.717) is 10.3 Å². The molecule has 4 nitrogen and oxygen atoms in total. The highest BCUT2D eigenvalue weighted by molar-refractivity contribution is 6.33. The van der Waals surface area contributed by atoms with Crippen LogP contribution < -0.4 is 4.90 Å². The van der Waals surface area contributed by atoms with Crippen molar-refractivity contribution in [2.45, 2.75) is 25.4 Å². The van der Waals surface area contributed by atoms with Gasteiger partial charge < -0.3 is 9.64 Å². The van der Waals surface area contributed by atoms with E-state index in [1.54, 1.807) is 13.2 Å². The molecular weight excluding hydrogens is 261 g/mol. The Kier molecular flexibility index (Phi) is 3.76. The highest BCUT2D eigenvalue weighted by Gasteiger charge is 2.31. The maximum Gasteiger partial charge on any atom is 0.175 e. The molecule has 0 aliphatic carbocycles. The number of rotatable bonds is 2. The lowest BCUT2D eigenvalue weighted by atomic mass is 9.94. The second-order valence-corrected chi connectivity index (χ2v) is 5.27. The number of methoxy groups -OCH3 is 1. The summed E-state index contributed by atoms with van der Waals surface area (Å²) in [6, 6.07) is 1.75. The van der Waals surface area contributed by atoms with E-state index in [4.69, 9.17) is 27.9 Å². The summed E-state index contributed by atoms with van der Waals surface area (Å²) in [6.45, 7) is 3.81. The lowest BCUT2D eigenvalue weighted by Crippen LogP contribution is -2.47. The molecule has 1 aliphatic rings. The van der Waals surface area contributed by atoms with Crippen molar-refractivity contribution in [3.05, 3.63) is 16.4 Å². The van der Waals surface area contributed by atoms with Crippen LogP contribution in [-0.2, 0) is 4.74 Å². The number of piperidine rings is 1. The molecule has 94 valence electrons. The molecule has 1 aromatic heterocycles. The van der Waals surface area contributed by atoms with Crippen LogP contribution in [0.4, 0.5) is 5.69 Å². The third-order valence-electron chi connectivity index (χ3n) is 3.19. The summed E-state index contributed by atoms with van der Waals surface area (Å²) < 4.78 is 5.55. The third-order valence-corrected chi connectivity index (χ3v) is 3.65. The van der Waals surface area contributed by atoms with Gasteiger partial charge in [0, 0.05) is 26.3 Å². The van der Waals surface area contributed by atoms with Gasteiger partial charge in [-0.25, -0.2) is 0 Å². The smallest absolute Gasteiger partial charge is 0.175 e. The minimum atomic E-state index is -0.142. The Morgan fingerprint density at radius 2 is 2.18 bits per heavy atom. The average molecular weight is 276 g/mol. The number of hydrogen-bond donors (Lipinski definition) is 0. The quantitative estimate of drug-likeness (QED) is 0.832. The fourth-order valence-corrected chi connectivity index (χ4v) is 2.50. The molecule has 0 aromatic carbocycles. The van der Waals surface area contributed by atoms with Gasteiger partial charge in [-0.3, -0.25) is 0 Å². The first-order valence-corrected chi connectivity index (χ1v) is 6.28. The largest absolute Gasteiger partial charge is 0.377 e. The van der Waals surface area contributed by atoms with Crippen molar-refractivity contribution < 1.29 is 4.74 Å². The normalized spacial score (nSPS) is 25.1. The number of anilines is 1. The Bertz CT molecular complexity index is 416. The molecule has 1 aliphatic heterocycles. The van der Waals surface area contributed by atoms with E-state index in [0.717, 1.165) is 31.6 Å². The van der Waals surface area contributed by atoms with Crippen molar-refractivity contribution in [2.75, 3.05) is 25.1 Å². The number of aromatic nitrogens is 2. The molecule has 1 fully saturated rings. The number of hydrogen-bond acceptors (Lipinski definition) is 4. The molecule has 1 atom stereocenters. The summed E-state index contributed by atoms with van der Waals surface area (Å²) >= 11 is 11.9. The average Bonchev–Trinajstić information content (AvgIpc) is 2.32. The molecule has 0 radical (unpaired) electrons. The van der Waals surface area contributed by atoms with E-state index in [1.165, 1.54) is 0 Å². The highest BCUT2D eigenvalue weighted by Crippen LogP contribution is 2.32. The molecule has 17 heavy (non-hydrogen) atoms. The zero-order valence-corrected chi connectivity index (χ0v) is 11.4. The SMILES string of the molecule is COC1(C)CCCN(c2cc(Cl)nnc2Cl)C1. The molecule has 0 N–H and O–H groups in total. The first kappa shape index (κ1) is 12.9. The molecule has 0 saturated carbocycles. The van der Waals surface area contributed by atoms with Crippen LogP contribution >= 0.6 is 23.2 Å². The maximum atomic E-state index is 6.05. The van der Waals surface area contributed by atoms with Gasteiger partial charge in [0.1, 0.15) is 0 Å². The third kappa shape index (κ3) is 2.81. The van der Waals surface area contributed by atoms with Gasteiger partial charge in [-0.05, 0) is 19.8 Å². The molecule has 0 bridgehead atoms. The Morgan fingerprint density at radius 1 is 1.41 bits per heavy atom. The number of ether oxygens (including phenoxy) is 1. The number of nitrogens with zero attached hydrogens (tertiary/aromatic N) is 3. The van der Waals surface area contributed by atoms with Gasteiger partial charge in [0.25, 0.3) is 0 Å². The fourth-order valence-electron chi connectivity index (χ4n) is 2.14. The zero-order chi connectivity index (χ0) is 12.5. The Labute approximate surface area is 111 Å². The molecule has 0 amide bonds. The van der Waals surface area contributed by atoms with Gasteiger partial charge in [-0.1, -0.05) is 23.2 Å². The van der Waals surface area contributed by atoms with E-state index in [-0.39, 0.29) is 5.60 Å². The predicted octanol–water partition coefficient (Wildman–Crippen LogP) is 2.79. The van der Waals surface area contributed by atoms with Gasteiger partial charge in [0.2, 0.25) is 0 Å². The topological polar surface area (TPSA) is 38.2 Å². The van der Waals surface area contributed by atoms with Crippen LogP contribution in [0.1, 0.15) is 19.8 Å². The van der Waals surface area contributed by atoms with Crippen molar-refractivity contribution >= 4 is 28.9 Å². The molecule has 1 saturated heterocycles. The monoisotopic (exact) mass is 275 g/mol. The van der Waals surface area contributed by atoms with E-state index >= 15 is 0 Å². The standard InChI is InChI=1S/C11H15Cl2N3O/c1-11(17-2)4-3-5-16(7-11)8-6-9(12)14-15-10(8)13/h6H,3-5,7H2,1-2H3. The van der Waals surface area contributed by atoms with Crippen molar-refractivity contribution in [1.29, 1.82) is 0 Å². The number of halogens is 2. The Morgan fingerprint density at radius 3 is 2.88 bits per heavy atom. The van der Waals surface area contributed by atoms with Crippen molar-refractivity contribution in [2.24, 2.45) is 0 Å². The van der Waals surface area contributed by atoms with Gasteiger partial charge in [-0.15, -0.1) is 10.2 Å². The van der Waals surface area contributed by atoms with Crippen LogP contribution in [0.15, 0.2) is 6.07 Å². The van der Waals surface area contributed by atoms with Crippen LogP contribution in [0.5, 0.6) is 0 Å². The summed E-state index contributed by atoms with van der Waals surface area (Å²) in [7, 11) is 1.74. The van der Waals surface area contributed by atoms with E-state index < -0.39 is 0 Å². The summed E-state index contributed by atoms with van der Waals surface area (Å²) in [5.41, 5.74) is 0.687. The molecular formula is C11H15Cl2N3O. The van der Waals surface area contributed by atoms with Gasteiger partial charge >= 0.3 is 0 Å². The van der Waals surface area contributed by atoms with E-state index in [2.05, 4.69) is 22.0 Å². The van der Waals surface area contributed by atoms with Crippen LogP contribution in [0, 0.1) is 0 Å². The molecule has 1 unspecified atom stereocenters. The zero-order valence-electron chi connectivity index (χ0n) is 9.91. The fraction of sp³-hybridized carbons (Fsp3) is 0.636. The van der Waals surface area contributed by atoms with Crippen molar-refractivity contribution in [3.8, 4) is 0 Å². The van der Waals surface area contributed by atoms with Gasteiger partial charge in [0.15, 0.2) is 10.3 Å². The molecule has 1 aromatic rings. The lowest BCUT2D eigenvalue weighted by molar-refractivity contribution is -0.00466.